The fourth-order valence-electron chi connectivity index (χ4n) is 4.01. The first-order chi connectivity index (χ1) is 10.2. The van der Waals surface area contributed by atoms with E-state index in [1.807, 2.05) is 0 Å². The molecule has 1 N–H and O–H groups in total. The average Bonchev–Trinajstić information content (AvgIpc) is 2.80. The molecule has 2 heterocycles. The summed E-state index contributed by atoms with van der Waals surface area (Å²) in [6, 6.07) is 0.370. The molecule has 5 heteroatoms. The van der Waals surface area contributed by atoms with Gasteiger partial charge >= 0.3 is 5.97 Å². The Labute approximate surface area is 126 Å². The number of amides is 1. The van der Waals surface area contributed by atoms with E-state index in [1.165, 1.54) is 19.3 Å². The van der Waals surface area contributed by atoms with Gasteiger partial charge in [-0.1, -0.05) is 19.3 Å². The van der Waals surface area contributed by atoms with Crippen molar-refractivity contribution in [1.82, 2.24) is 10.2 Å². The van der Waals surface area contributed by atoms with Crippen molar-refractivity contribution in [2.75, 3.05) is 19.6 Å². The second kappa shape index (κ2) is 6.34. The number of carbonyl (C=O) groups excluding carboxylic acids is 2. The first-order valence-corrected chi connectivity index (χ1v) is 8.39. The van der Waals surface area contributed by atoms with E-state index in [2.05, 4.69) is 10.2 Å². The summed E-state index contributed by atoms with van der Waals surface area (Å²) >= 11 is 0. The molecular weight excluding hydrogens is 268 g/mol. The van der Waals surface area contributed by atoms with Gasteiger partial charge in [-0.2, -0.15) is 0 Å². The van der Waals surface area contributed by atoms with Gasteiger partial charge in [0.1, 0.15) is 5.60 Å². The summed E-state index contributed by atoms with van der Waals surface area (Å²) in [6.45, 7) is 2.09. The Morgan fingerprint density at radius 3 is 2.76 bits per heavy atom. The van der Waals surface area contributed by atoms with E-state index in [0.29, 0.717) is 19.0 Å². The zero-order valence-electron chi connectivity index (χ0n) is 12.7. The number of esters is 1. The predicted molar refractivity (Wildman–Crippen MR) is 78.7 cm³/mol. The summed E-state index contributed by atoms with van der Waals surface area (Å²) in [6.07, 6.45) is 9.28. The van der Waals surface area contributed by atoms with Crippen LogP contribution in [0.3, 0.4) is 0 Å². The van der Waals surface area contributed by atoms with Gasteiger partial charge in [0.15, 0.2) is 0 Å². The second-order valence-corrected chi connectivity index (χ2v) is 6.87. The monoisotopic (exact) mass is 294 g/mol. The second-order valence-electron chi connectivity index (χ2n) is 6.87. The number of hydrogen-bond donors (Lipinski definition) is 1. The summed E-state index contributed by atoms with van der Waals surface area (Å²) < 4.78 is 5.54. The highest BCUT2D eigenvalue weighted by Gasteiger charge is 2.43. The molecule has 0 aromatic rings. The van der Waals surface area contributed by atoms with Crippen molar-refractivity contribution in [2.24, 2.45) is 0 Å². The van der Waals surface area contributed by atoms with E-state index >= 15 is 0 Å². The topological polar surface area (TPSA) is 58.6 Å². The van der Waals surface area contributed by atoms with E-state index in [0.717, 1.165) is 45.2 Å². The first kappa shape index (κ1) is 14.8. The molecule has 3 aliphatic rings. The molecule has 2 saturated heterocycles. The number of carbonyl (C=O) groups is 2. The first-order valence-electron chi connectivity index (χ1n) is 8.39. The molecule has 0 bridgehead atoms. The average molecular weight is 294 g/mol. The molecule has 0 aromatic heterocycles. The van der Waals surface area contributed by atoms with Crippen LogP contribution in [0, 0.1) is 0 Å². The van der Waals surface area contributed by atoms with Crippen molar-refractivity contribution in [3.8, 4) is 0 Å². The quantitative estimate of drug-likeness (QED) is 0.803. The maximum Gasteiger partial charge on any atom is 0.306 e. The zero-order valence-corrected chi connectivity index (χ0v) is 12.7. The van der Waals surface area contributed by atoms with E-state index < -0.39 is 0 Å². The molecular formula is C16H26N2O3. The van der Waals surface area contributed by atoms with E-state index in [9.17, 15) is 9.59 Å². The van der Waals surface area contributed by atoms with Gasteiger partial charge in [-0.05, 0) is 38.6 Å². The van der Waals surface area contributed by atoms with Crippen LogP contribution < -0.4 is 5.32 Å². The van der Waals surface area contributed by atoms with Crippen molar-refractivity contribution in [1.29, 1.82) is 0 Å². The number of hydrogen-bond acceptors (Lipinski definition) is 4. The Balaban J connectivity index is 1.48. The van der Waals surface area contributed by atoms with Gasteiger partial charge in [-0.25, -0.2) is 0 Å². The molecule has 3 rings (SSSR count). The number of rotatable bonds is 3. The van der Waals surface area contributed by atoms with Crippen LogP contribution in [0.5, 0.6) is 0 Å². The van der Waals surface area contributed by atoms with Crippen LogP contribution in [-0.2, 0) is 14.3 Å². The highest BCUT2D eigenvalue weighted by Crippen LogP contribution is 2.34. The molecule has 118 valence electrons. The highest BCUT2D eigenvalue weighted by atomic mass is 16.6. The molecule has 1 saturated carbocycles. The smallest absolute Gasteiger partial charge is 0.306 e. The Kier molecular flexibility index (Phi) is 4.48. The van der Waals surface area contributed by atoms with Crippen LogP contribution in [0.1, 0.15) is 57.8 Å². The Bertz CT molecular complexity index is 406. The fraction of sp³-hybridized carbons (Fsp3) is 0.875. The minimum Gasteiger partial charge on any atom is -0.458 e. The molecule has 5 nitrogen and oxygen atoms in total. The van der Waals surface area contributed by atoms with Gasteiger partial charge in [0.25, 0.3) is 0 Å². The van der Waals surface area contributed by atoms with Crippen molar-refractivity contribution in [3.05, 3.63) is 0 Å². The molecule has 0 radical (unpaired) electrons. The third kappa shape index (κ3) is 3.76. The summed E-state index contributed by atoms with van der Waals surface area (Å²) in [7, 11) is 0. The SMILES string of the molecule is O=C(CN1CCCC2(CCC(=O)O2)C1)NC1CCCCC1. The number of piperidine rings is 1. The van der Waals surface area contributed by atoms with E-state index in [1.54, 1.807) is 0 Å². The fourth-order valence-corrected chi connectivity index (χ4v) is 4.01. The number of ether oxygens (including phenoxy) is 1. The van der Waals surface area contributed by atoms with Crippen LogP contribution in [0.15, 0.2) is 0 Å². The van der Waals surface area contributed by atoms with Gasteiger partial charge in [0, 0.05) is 19.0 Å². The minimum absolute atomic E-state index is 0.0801. The summed E-state index contributed by atoms with van der Waals surface area (Å²) in [4.78, 5) is 25.7. The molecule has 3 fully saturated rings. The zero-order chi connectivity index (χ0) is 14.7. The van der Waals surface area contributed by atoms with Crippen LogP contribution >= 0.6 is 0 Å². The molecule has 2 aliphatic heterocycles. The lowest BCUT2D eigenvalue weighted by molar-refractivity contribution is -0.152. The molecule has 1 aliphatic carbocycles. The normalized spacial score (nSPS) is 31.3. The van der Waals surface area contributed by atoms with Gasteiger partial charge in [0.2, 0.25) is 5.91 Å². The molecule has 1 spiro atoms. The third-order valence-corrected chi connectivity index (χ3v) is 5.07. The maximum atomic E-state index is 12.2. The van der Waals surface area contributed by atoms with Crippen molar-refractivity contribution < 1.29 is 14.3 Å². The minimum atomic E-state index is -0.305. The van der Waals surface area contributed by atoms with E-state index in [-0.39, 0.29) is 17.5 Å². The van der Waals surface area contributed by atoms with Gasteiger partial charge in [-0.15, -0.1) is 0 Å². The molecule has 21 heavy (non-hydrogen) atoms. The maximum absolute atomic E-state index is 12.2. The van der Waals surface area contributed by atoms with Gasteiger partial charge in [-0.3, -0.25) is 14.5 Å². The van der Waals surface area contributed by atoms with Gasteiger partial charge in [0.05, 0.1) is 6.54 Å². The third-order valence-electron chi connectivity index (χ3n) is 5.07. The largest absolute Gasteiger partial charge is 0.458 e. The number of nitrogens with zero attached hydrogens (tertiary/aromatic N) is 1. The Hall–Kier alpha value is -1.10. The molecule has 1 amide bonds. The predicted octanol–water partition coefficient (Wildman–Crippen LogP) is 1.61. The molecule has 1 unspecified atom stereocenters. The molecule has 0 aromatic carbocycles. The standard InChI is InChI=1S/C16H26N2O3/c19-14(17-13-5-2-1-3-6-13)11-18-10-4-8-16(12-18)9-7-15(20)21-16/h13H,1-12H2,(H,17,19). The highest BCUT2D eigenvalue weighted by molar-refractivity contribution is 5.78. The van der Waals surface area contributed by atoms with Crippen molar-refractivity contribution in [2.45, 2.75) is 69.4 Å². The lowest BCUT2D eigenvalue weighted by Gasteiger charge is -2.38. The lowest BCUT2D eigenvalue weighted by Crippen LogP contribution is -2.51. The molecule has 1 atom stereocenters. The summed E-state index contributed by atoms with van der Waals surface area (Å²) in [5.74, 6) is 0.0479. The van der Waals surface area contributed by atoms with Crippen molar-refractivity contribution in [3.63, 3.8) is 0 Å². The lowest BCUT2D eigenvalue weighted by atomic mass is 9.90. The van der Waals surface area contributed by atoms with Crippen LogP contribution in [-0.4, -0.2) is 48.1 Å². The van der Waals surface area contributed by atoms with E-state index in [4.69, 9.17) is 4.74 Å². The number of likely N-dealkylation sites (tertiary alicyclic amines) is 1. The van der Waals surface area contributed by atoms with Crippen molar-refractivity contribution >= 4 is 11.9 Å². The Morgan fingerprint density at radius 2 is 2.05 bits per heavy atom. The van der Waals surface area contributed by atoms with Gasteiger partial charge < -0.3 is 10.1 Å². The van der Waals surface area contributed by atoms with Crippen LogP contribution in [0.4, 0.5) is 0 Å². The Morgan fingerprint density at radius 1 is 1.24 bits per heavy atom. The van der Waals surface area contributed by atoms with Crippen LogP contribution in [0.25, 0.3) is 0 Å². The van der Waals surface area contributed by atoms with Crippen LogP contribution in [0.2, 0.25) is 0 Å². The summed E-state index contributed by atoms with van der Waals surface area (Å²) in [5, 5.41) is 3.17. The number of nitrogens with one attached hydrogen (secondary N) is 1. The summed E-state index contributed by atoms with van der Waals surface area (Å²) in [5.41, 5.74) is -0.305.